The second-order valence-corrected chi connectivity index (χ2v) is 5.25. The Kier molecular flexibility index (Phi) is 3.78. The van der Waals surface area contributed by atoms with Crippen LogP contribution in [0.5, 0.6) is 0 Å². The van der Waals surface area contributed by atoms with E-state index in [1.54, 1.807) is 12.4 Å². The molecule has 2 aromatic heterocycles. The summed E-state index contributed by atoms with van der Waals surface area (Å²) in [4.78, 5) is 17.3. The van der Waals surface area contributed by atoms with Crippen LogP contribution in [0.2, 0.25) is 0 Å². The number of benzene rings is 3. The number of hydrogen-bond donors (Lipinski definition) is 0. The zero-order chi connectivity index (χ0) is 16.2. The Bertz CT molecular complexity index is 951. The van der Waals surface area contributed by atoms with E-state index >= 15 is 0 Å². The van der Waals surface area contributed by atoms with Crippen molar-refractivity contribution in [2.45, 2.75) is 0 Å². The lowest BCUT2D eigenvalue weighted by molar-refractivity contribution is 1.29. The first-order valence-electron chi connectivity index (χ1n) is 7.67. The maximum Gasteiger partial charge on any atom is 0.0894 e. The van der Waals surface area contributed by atoms with E-state index in [1.807, 2.05) is 72.8 Å². The Morgan fingerprint density at radius 1 is 0.375 bits per heavy atom. The molecule has 0 spiro atoms. The van der Waals surface area contributed by atoms with Crippen molar-refractivity contribution in [2.75, 3.05) is 0 Å². The average Bonchev–Trinajstić information content (AvgIpc) is 2.67. The molecule has 114 valence electrons. The zero-order valence-electron chi connectivity index (χ0n) is 12.9. The van der Waals surface area contributed by atoms with E-state index in [-0.39, 0.29) is 0 Å². The SMILES string of the molecule is c1ccc2nc3ccccc3nc2c1.c1ccc2nccnc2c1. The minimum absolute atomic E-state index is 0.949. The van der Waals surface area contributed by atoms with Crippen LogP contribution in [0.25, 0.3) is 33.1 Å². The molecule has 0 fully saturated rings. The fraction of sp³-hybridized carbons (Fsp3) is 0. The van der Waals surface area contributed by atoms with Crippen molar-refractivity contribution in [3.8, 4) is 0 Å². The third-order valence-corrected chi connectivity index (χ3v) is 3.62. The normalized spacial score (nSPS) is 10.5. The molecule has 0 N–H and O–H groups in total. The van der Waals surface area contributed by atoms with Gasteiger partial charge >= 0.3 is 0 Å². The molecule has 0 unspecified atom stereocenters. The van der Waals surface area contributed by atoms with Gasteiger partial charge in [0.25, 0.3) is 0 Å². The highest BCUT2D eigenvalue weighted by Crippen LogP contribution is 2.14. The van der Waals surface area contributed by atoms with Gasteiger partial charge in [0.1, 0.15) is 0 Å². The highest BCUT2D eigenvalue weighted by molar-refractivity contribution is 5.85. The summed E-state index contributed by atoms with van der Waals surface area (Å²) in [6, 6.07) is 23.6. The molecular weight excluding hydrogens is 296 g/mol. The second kappa shape index (κ2) is 6.38. The third-order valence-electron chi connectivity index (χ3n) is 3.62. The van der Waals surface area contributed by atoms with Gasteiger partial charge in [-0.3, -0.25) is 9.97 Å². The van der Waals surface area contributed by atoms with Crippen LogP contribution in [0.15, 0.2) is 85.2 Å². The molecule has 0 aliphatic rings. The summed E-state index contributed by atoms with van der Waals surface area (Å²) in [6.45, 7) is 0. The lowest BCUT2D eigenvalue weighted by Crippen LogP contribution is -1.85. The topological polar surface area (TPSA) is 51.6 Å². The fourth-order valence-corrected chi connectivity index (χ4v) is 2.48. The van der Waals surface area contributed by atoms with Crippen molar-refractivity contribution >= 4 is 33.1 Å². The van der Waals surface area contributed by atoms with E-state index in [1.165, 1.54) is 0 Å². The Labute approximate surface area is 138 Å². The molecular formula is C20H14N4. The molecule has 4 heteroatoms. The van der Waals surface area contributed by atoms with Gasteiger partial charge in [-0.25, -0.2) is 9.97 Å². The monoisotopic (exact) mass is 310 g/mol. The summed E-state index contributed by atoms with van der Waals surface area (Å²) >= 11 is 0. The molecule has 24 heavy (non-hydrogen) atoms. The number of nitrogens with zero attached hydrogens (tertiary/aromatic N) is 4. The first-order chi connectivity index (χ1) is 11.9. The fourth-order valence-electron chi connectivity index (χ4n) is 2.48. The molecule has 0 saturated heterocycles. The maximum atomic E-state index is 4.52. The first-order valence-corrected chi connectivity index (χ1v) is 7.67. The third kappa shape index (κ3) is 2.90. The van der Waals surface area contributed by atoms with Crippen molar-refractivity contribution in [2.24, 2.45) is 0 Å². The number of fused-ring (bicyclic) bond motifs is 3. The van der Waals surface area contributed by atoms with Gasteiger partial charge in [0, 0.05) is 12.4 Å². The Morgan fingerprint density at radius 2 is 0.667 bits per heavy atom. The molecule has 4 nitrogen and oxygen atoms in total. The molecule has 0 aliphatic carbocycles. The van der Waals surface area contributed by atoms with E-state index in [0.29, 0.717) is 0 Å². The van der Waals surface area contributed by atoms with Crippen LogP contribution in [0.1, 0.15) is 0 Å². The molecule has 5 aromatic rings. The van der Waals surface area contributed by atoms with Gasteiger partial charge in [0.15, 0.2) is 0 Å². The quantitative estimate of drug-likeness (QED) is 0.397. The van der Waals surface area contributed by atoms with E-state index in [9.17, 15) is 0 Å². The minimum atomic E-state index is 0.949. The van der Waals surface area contributed by atoms with Crippen molar-refractivity contribution in [3.63, 3.8) is 0 Å². The lowest BCUT2D eigenvalue weighted by atomic mass is 10.2. The summed E-state index contributed by atoms with van der Waals surface area (Å²) in [5.41, 5.74) is 5.70. The molecule has 0 bridgehead atoms. The molecule has 3 aromatic carbocycles. The standard InChI is InChI=1S/C12H8N2.C8H6N2/c1-2-6-10-9(5-1)13-11-7-3-4-8-12(11)14-10;1-2-4-8-7(3-1)9-5-6-10-8/h1-8H;1-6H. The van der Waals surface area contributed by atoms with Crippen molar-refractivity contribution in [1.29, 1.82) is 0 Å². The van der Waals surface area contributed by atoms with E-state index in [2.05, 4.69) is 19.9 Å². The van der Waals surface area contributed by atoms with Gasteiger partial charge in [0.05, 0.1) is 33.1 Å². The molecule has 5 rings (SSSR count). The minimum Gasteiger partial charge on any atom is -0.253 e. The predicted octanol–water partition coefficient (Wildman–Crippen LogP) is 4.41. The Hall–Kier alpha value is -3.40. The van der Waals surface area contributed by atoms with Gasteiger partial charge in [0.2, 0.25) is 0 Å². The van der Waals surface area contributed by atoms with Crippen LogP contribution >= 0.6 is 0 Å². The van der Waals surface area contributed by atoms with E-state index < -0.39 is 0 Å². The van der Waals surface area contributed by atoms with Crippen molar-refractivity contribution < 1.29 is 0 Å². The Morgan fingerprint density at radius 3 is 1.00 bits per heavy atom. The van der Waals surface area contributed by atoms with Gasteiger partial charge in [-0.1, -0.05) is 36.4 Å². The lowest BCUT2D eigenvalue weighted by Gasteiger charge is -1.98. The molecule has 0 radical (unpaired) electrons. The maximum absolute atomic E-state index is 4.52. The van der Waals surface area contributed by atoms with Crippen LogP contribution in [0, 0.1) is 0 Å². The summed E-state index contributed by atoms with van der Waals surface area (Å²) in [6.07, 6.45) is 3.39. The van der Waals surface area contributed by atoms with Gasteiger partial charge in [-0.15, -0.1) is 0 Å². The molecule has 0 aliphatic heterocycles. The molecule has 2 heterocycles. The second-order valence-electron chi connectivity index (χ2n) is 5.25. The largest absolute Gasteiger partial charge is 0.253 e. The molecule has 0 atom stereocenters. The van der Waals surface area contributed by atoms with Crippen LogP contribution in [-0.2, 0) is 0 Å². The highest BCUT2D eigenvalue weighted by Gasteiger charge is 1.98. The number of aromatic nitrogens is 4. The van der Waals surface area contributed by atoms with Crippen molar-refractivity contribution in [1.82, 2.24) is 19.9 Å². The summed E-state index contributed by atoms with van der Waals surface area (Å²) in [5, 5.41) is 0. The smallest absolute Gasteiger partial charge is 0.0894 e. The Balaban J connectivity index is 0.000000129. The number of para-hydroxylation sites is 6. The number of rotatable bonds is 0. The van der Waals surface area contributed by atoms with Crippen LogP contribution in [0.4, 0.5) is 0 Å². The van der Waals surface area contributed by atoms with Gasteiger partial charge in [-0.2, -0.15) is 0 Å². The van der Waals surface area contributed by atoms with Crippen LogP contribution in [0.3, 0.4) is 0 Å². The zero-order valence-corrected chi connectivity index (χ0v) is 12.9. The summed E-state index contributed by atoms with van der Waals surface area (Å²) in [7, 11) is 0. The average molecular weight is 310 g/mol. The van der Waals surface area contributed by atoms with Gasteiger partial charge < -0.3 is 0 Å². The molecule has 0 saturated carbocycles. The summed E-state index contributed by atoms with van der Waals surface area (Å²) in [5.74, 6) is 0. The van der Waals surface area contributed by atoms with E-state index in [0.717, 1.165) is 33.1 Å². The molecule has 0 amide bonds. The van der Waals surface area contributed by atoms with Crippen LogP contribution < -0.4 is 0 Å². The van der Waals surface area contributed by atoms with Gasteiger partial charge in [-0.05, 0) is 36.4 Å². The summed E-state index contributed by atoms with van der Waals surface area (Å²) < 4.78 is 0. The predicted molar refractivity (Wildman–Crippen MR) is 96.6 cm³/mol. The highest BCUT2D eigenvalue weighted by atomic mass is 14.8. The van der Waals surface area contributed by atoms with Crippen molar-refractivity contribution in [3.05, 3.63) is 85.2 Å². The van der Waals surface area contributed by atoms with Crippen LogP contribution in [-0.4, -0.2) is 19.9 Å². The first kappa shape index (κ1) is 14.2. The number of hydrogen-bond acceptors (Lipinski definition) is 4. The van der Waals surface area contributed by atoms with E-state index in [4.69, 9.17) is 0 Å².